The van der Waals surface area contributed by atoms with Crippen molar-refractivity contribution >= 4 is 15.9 Å². The van der Waals surface area contributed by atoms with E-state index in [1.165, 1.54) is 26.2 Å². The van der Waals surface area contributed by atoms with Crippen molar-refractivity contribution in [2.75, 3.05) is 14.1 Å². The summed E-state index contributed by atoms with van der Waals surface area (Å²) in [6, 6.07) is 23.4. The molecule has 29 heavy (non-hydrogen) atoms. The van der Waals surface area contributed by atoms with Crippen molar-refractivity contribution in [2.24, 2.45) is 0 Å². The van der Waals surface area contributed by atoms with Gasteiger partial charge in [0.15, 0.2) is 0 Å². The van der Waals surface area contributed by atoms with Gasteiger partial charge in [-0.2, -0.15) is 0 Å². The van der Waals surface area contributed by atoms with E-state index in [0.29, 0.717) is 5.56 Å². The van der Waals surface area contributed by atoms with E-state index in [-0.39, 0.29) is 16.8 Å². The summed E-state index contributed by atoms with van der Waals surface area (Å²) in [4.78, 5) is 13.1. The Kier molecular flexibility index (Phi) is 6.15. The largest absolute Gasteiger partial charge is 0.341 e. The predicted molar refractivity (Wildman–Crippen MR) is 114 cm³/mol. The Morgan fingerprint density at radius 3 is 2.17 bits per heavy atom. The summed E-state index contributed by atoms with van der Waals surface area (Å²) in [6.45, 7) is 2.00. The number of benzene rings is 3. The molecule has 150 valence electrons. The molecule has 6 heteroatoms. The van der Waals surface area contributed by atoms with Gasteiger partial charge in [0.1, 0.15) is 0 Å². The van der Waals surface area contributed by atoms with E-state index in [1.807, 2.05) is 61.5 Å². The van der Waals surface area contributed by atoms with Gasteiger partial charge in [0.25, 0.3) is 5.91 Å². The number of hydrogen-bond acceptors (Lipinski definition) is 3. The molecular weight excluding hydrogens is 384 g/mol. The minimum atomic E-state index is -3.62. The van der Waals surface area contributed by atoms with Crippen LogP contribution in [0.25, 0.3) is 0 Å². The fourth-order valence-electron chi connectivity index (χ4n) is 3.08. The molecule has 0 heterocycles. The zero-order valence-corrected chi connectivity index (χ0v) is 17.5. The maximum Gasteiger partial charge on any atom is 0.252 e. The van der Waals surface area contributed by atoms with E-state index >= 15 is 0 Å². The quantitative estimate of drug-likeness (QED) is 0.675. The number of rotatable bonds is 6. The van der Waals surface area contributed by atoms with Gasteiger partial charge in [0.2, 0.25) is 10.0 Å². The van der Waals surface area contributed by atoms with Gasteiger partial charge < -0.3 is 5.32 Å². The third-order valence-corrected chi connectivity index (χ3v) is 6.47. The van der Waals surface area contributed by atoms with E-state index < -0.39 is 10.0 Å². The molecule has 3 aromatic carbocycles. The van der Waals surface area contributed by atoms with Crippen molar-refractivity contribution in [1.82, 2.24) is 9.62 Å². The Morgan fingerprint density at radius 1 is 0.862 bits per heavy atom. The number of aryl methyl sites for hydroxylation is 1. The van der Waals surface area contributed by atoms with Gasteiger partial charge in [-0.15, -0.1) is 0 Å². The number of carbonyl (C=O) groups excluding carboxylic acids is 1. The molecule has 5 nitrogen and oxygen atoms in total. The number of nitrogens with one attached hydrogen (secondary N) is 1. The van der Waals surface area contributed by atoms with E-state index in [9.17, 15) is 13.2 Å². The van der Waals surface area contributed by atoms with Gasteiger partial charge in [0.05, 0.1) is 10.9 Å². The molecule has 1 N–H and O–H groups in total. The lowest BCUT2D eigenvalue weighted by atomic mass is 9.97. The Bertz CT molecular complexity index is 1110. The molecule has 0 saturated heterocycles. The van der Waals surface area contributed by atoms with E-state index in [1.54, 1.807) is 12.1 Å². The van der Waals surface area contributed by atoms with Crippen molar-refractivity contribution in [3.05, 3.63) is 101 Å². The van der Waals surface area contributed by atoms with E-state index in [4.69, 9.17) is 0 Å². The molecule has 0 spiro atoms. The van der Waals surface area contributed by atoms with Crippen LogP contribution in [-0.2, 0) is 10.0 Å². The first-order valence-corrected chi connectivity index (χ1v) is 10.7. The highest BCUT2D eigenvalue weighted by molar-refractivity contribution is 7.89. The van der Waals surface area contributed by atoms with Crippen LogP contribution < -0.4 is 5.32 Å². The second-order valence-electron chi connectivity index (χ2n) is 7.05. The van der Waals surface area contributed by atoms with Crippen molar-refractivity contribution in [3.8, 4) is 0 Å². The average molecular weight is 409 g/mol. The molecular formula is C23H24N2O3S. The van der Waals surface area contributed by atoms with Crippen LogP contribution in [0.1, 0.15) is 33.1 Å². The molecule has 0 bridgehead atoms. The van der Waals surface area contributed by atoms with Crippen LogP contribution in [0.5, 0.6) is 0 Å². The summed E-state index contributed by atoms with van der Waals surface area (Å²) in [5.41, 5.74) is 3.29. The minimum absolute atomic E-state index is 0.0852. The lowest BCUT2D eigenvalue weighted by Crippen LogP contribution is -2.30. The molecule has 3 rings (SSSR count). The highest BCUT2D eigenvalue weighted by atomic mass is 32.2. The topological polar surface area (TPSA) is 66.5 Å². The summed E-state index contributed by atoms with van der Waals surface area (Å²) >= 11 is 0. The minimum Gasteiger partial charge on any atom is -0.341 e. The maximum absolute atomic E-state index is 13.0. The number of nitrogens with zero attached hydrogens (tertiary/aromatic N) is 1. The fraction of sp³-hybridized carbons (Fsp3) is 0.174. The zero-order valence-electron chi connectivity index (χ0n) is 16.7. The Balaban J connectivity index is 1.96. The third kappa shape index (κ3) is 4.72. The molecule has 0 aliphatic heterocycles. The molecule has 0 aliphatic rings. The van der Waals surface area contributed by atoms with Crippen molar-refractivity contribution in [1.29, 1.82) is 0 Å². The number of carbonyl (C=O) groups is 1. The lowest BCUT2D eigenvalue weighted by Gasteiger charge is -2.21. The molecule has 0 saturated carbocycles. The number of amides is 1. The fourth-order valence-corrected chi connectivity index (χ4v) is 4.03. The summed E-state index contributed by atoms with van der Waals surface area (Å²) in [6.07, 6.45) is 0. The zero-order chi connectivity index (χ0) is 21.0. The molecule has 0 unspecified atom stereocenters. The molecule has 0 aliphatic carbocycles. The van der Waals surface area contributed by atoms with Crippen LogP contribution >= 0.6 is 0 Å². The molecule has 1 amide bonds. The lowest BCUT2D eigenvalue weighted by molar-refractivity contribution is 0.0942. The van der Waals surface area contributed by atoms with E-state index in [0.717, 1.165) is 21.0 Å². The Labute approximate surface area is 172 Å². The average Bonchev–Trinajstić information content (AvgIpc) is 2.72. The second-order valence-corrected chi connectivity index (χ2v) is 9.20. The first-order valence-electron chi connectivity index (χ1n) is 9.24. The molecule has 0 radical (unpaired) electrons. The van der Waals surface area contributed by atoms with Crippen molar-refractivity contribution < 1.29 is 13.2 Å². The predicted octanol–water partition coefficient (Wildman–Crippen LogP) is 3.76. The van der Waals surface area contributed by atoms with Gasteiger partial charge >= 0.3 is 0 Å². The summed E-state index contributed by atoms with van der Waals surface area (Å²) in [5.74, 6) is -0.337. The second kappa shape index (κ2) is 8.59. The van der Waals surface area contributed by atoms with Gasteiger partial charge in [0, 0.05) is 19.7 Å². The van der Waals surface area contributed by atoms with Crippen molar-refractivity contribution in [2.45, 2.75) is 17.9 Å². The SMILES string of the molecule is Cc1cccc([C@@H](NC(=O)c2cccc(S(=O)(=O)N(C)C)c2)c2ccccc2)c1. The van der Waals surface area contributed by atoms with Crippen LogP contribution in [-0.4, -0.2) is 32.7 Å². The smallest absolute Gasteiger partial charge is 0.252 e. The summed E-state index contributed by atoms with van der Waals surface area (Å²) in [5, 5.41) is 3.05. The summed E-state index contributed by atoms with van der Waals surface area (Å²) < 4.78 is 25.9. The van der Waals surface area contributed by atoms with Gasteiger partial charge in [-0.1, -0.05) is 66.2 Å². The van der Waals surface area contributed by atoms with Crippen LogP contribution in [0.2, 0.25) is 0 Å². The van der Waals surface area contributed by atoms with Crippen LogP contribution in [0, 0.1) is 6.92 Å². The van der Waals surface area contributed by atoms with Crippen molar-refractivity contribution in [3.63, 3.8) is 0 Å². The van der Waals surface area contributed by atoms with E-state index in [2.05, 4.69) is 5.32 Å². The molecule has 0 aromatic heterocycles. The Hall–Kier alpha value is -2.96. The van der Waals surface area contributed by atoms with Gasteiger partial charge in [-0.25, -0.2) is 12.7 Å². The highest BCUT2D eigenvalue weighted by Gasteiger charge is 2.21. The third-order valence-electron chi connectivity index (χ3n) is 4.66. The summed E-state index contributed by atoms with van der Waals surface area (Å²) in [7, 11) is -0.691. The van der Waals surface area contributed by atoms with Crippen LogP contribution in [0.15, 0.2) is 83.8 Å². The number of hydrogen-bond donors (Lipinski definition) is 1. The van der Waals surface area contributed by atoms with Crippen LogP contribution in [0.4, 0.5) is 0 Å². The molecule has 0 fully saturated rings. The van der Waals surface area contributed by atoms with Crippen LogP contribution in [0.3, 0.4) is 0 Å². The molecule has 1 atom stereocenters. The monoisotopic (exact) mass is 408 g/mol. The maximum atomic E-state index is 13.0. The first kappa shape index (κ1) is 20.8. The van der Waals surface area contributed by atoms with Gasteiger partial charge in [-0.05, 0) is 36.2 Å². The molecule has 3 aromatic rings. The number of sulfonamides is 1. The first-order chi connectivity index (χ1) is 13.8. The highest BCUT2D eigenvalue weighted by Crippen LogP contribution is 2.24. The van der Waals surface area contributed by atoms with Gasteiger partial charge in [-0.3, -0.25) is 4.79 Å². The standard InChI is InChI=1S/C23H24N2O3S/c1-17-9-7-12-19(15-17)22(18-10-5-4-6-11-18)24-23(26)20-13-8-14-21(16-20)29(27,28)25(2)3/h4-16,22H,1-3H3,(H,24,26)/t22-/m0/s1. The normalized spacial score (nSPS) is 12.6. The Morgan fingerprint density at radius 2 is 1.52 bits per heavy atom.